The predicted molar refractivity (Wildman–Crippen MR) is 342 cm³/mol. The molecule has 0 heterocycles. The van der Waals surface area contributed by atoms with Crippen molar-refractivity contribution < 1.29 is 45.9 Å². The van der Waals surface area contributed by atoms with E-state index in [0.717, 1.165) is 72.3 Å². The first-order valence-corrected chi connectivity index (χ1v) is 32.1. The molecule has 5 aromatic rings. The van der Waals surface area contributed by atoms with Crippen LogP contribution >= 0.6 is 0 Å². The monoisotopic (exact) mass is 1190 g/mol. The lowest BCUT2D eigenvalue weighted by atomic mass is 9.79. The third-order valence-corrected chi connectivity index (χ3v) is 17.5. The van der Waals surface area contributed by atoms with Crippen molar-refractivity contribution in [3.05, 3.63) is 145 Å². The molecule has 6 rings (SSSR count). The van der Waals surface area contributed by atoms with E-state index < -0.39 is 10.1 Å². The van der Waals surface area contributed by atoms with Crippen LogP contribution in [0.25, 0.3) is 0 Å². The van der Waals surface area contributed by atoms with Gasteiger partial charge < -0.3 is 33.6 Å². The van der Waals surface area contributed by atoms with Gasteiger partial charge in [0.05, 0.1) is 4.90 Å². The summed E-state index contributed by atoms with van der Waals surface area (Å²) >= 11 is 0. The number of ether oxygens (including phenoxy) is 4. The van der Waals surface area contributed by atoms with Crippen LogP contribution in [0.15, 0.2) is 77.7 Å². The Morgan fingerprint density at radius 2 is 0.624 bits per heavy atom. The molecule has 1 aliphatic rings. The van der Waals surface area contributed by atoms with Gasteiger partial charge in [-0.2, -0.15) is 8.42 Å². The molecule has 0 aliphatic heterocycles. The van der Waals surface area contributed by atoms with Crippen LogP contribution in [0.5, 0.6) is 23.0 Å². The molecule has 0 aromatic heterocycles. The number of benzene rings is 5. The number of aryl methyl sites for hydroxylation is 1. The fourth-order valence-corrected chi connectivity index (χ4v) is 11.7. The van der Waals surface area contributed by atoms with E-state index in [0.29, 0.717) is 75.1 Å². The average molecular weight is 1190 g/mol. The first kappa shape index (κ1) is 67.7. The lowest BCUT2D eigenvalue weighted by molar-refractivity contribution is -0.133. The van der Waals surface area contributed by atoms with Gasteiger partial charge in [0.15, 0.2) is 19.8 Å². The molecule has 0 fully saturated rings. The Morgan fingerprint density at radius 3 is 0.847 bits per heavy atom. The molecule has 0 atom stereocenters. The van der Waals surface area contributed by atoms with Crippen LogP contribution in [-0.2, 0) is 76.0 Å². The Hall–Kier alpha value is -6.38. The summed E-state index contributed by atoms with van der Waals surface area (Å²) in [5.74, 6) is 1.81. The van der Waals surface area contributed by atoms with Gasteiger partial charge in [-0.25, -0.2) is 0 Å². The highest BCUT2D eigenvalue weighted by molar-refractivity contribution is 7.86. The molecule has 464 valence electrons. The molecular weight excluding hydrogens is 1090 g/mol. The van der Waals surface area contributed by atoms with Crippen molar-refractivity contribution in [2.45, 2.75) is 184 Å². The number of likely N-dealkylation sites (N-methyl/N-ethyl adjacent to an activating group) is 3. The lowest BCUT2D eigenvalue weighted by Gasteiger charge is -2.29. The predicted octanol–water partition coefficient (Wildman–Crippen LogP) is 13.4. The molecule has 0 saturated carbocycles. The summed E-state index contributed by atoms with van der Waals surface area (Å²) in [4.78, 5) is 47.7. The highest BCUT2D eigenvalue weighted by Crippen LogP contribution is 2.45. The number of hydrogen-bond acceptors (Lipinski definition) is 10. The van der Waals surface area contributed by atoms with Gasteiger partial charge in [-0.05, 0) is 149 Å². The SMILES string of the molecule is CCN(CC)C(=O)COc1c2cc(C(C)(C)C)cc1Cc1cc(C(C)(C)C)cc(c1OCC(=O)N(CC)CC)Cc1cc(C(C)(C)C)cc(c1OCC(=O)N(CC)CC)Cc1cc(C(C)(C)C)cc(c1OCCOS(=O)(=O)c1ccc(C)cc1)C2. The van der Waals surface area contributed by atoms with E-state index in [4.69, 9.17) is 23.1 Å². The van der Waals surface area contributed by atoms with E-state index >= 15 is 0 Å². The summed E-state index contributed by atoms with van der Waals surface area (Å²) < 4.78 is 61.0. The van der Waals surface area contributed by atoms with Gasteiger partial charge >= 0.3 is 0 Å². The minimum absolute atomic E-state index is 0.0536. The number of hydrogen-bond donors (Lipinski definition) is 0. The van der Waals surface area contributed by atoms with Crippen LogP contribution in [0.1, 0.15) is 197 Å². The molecule has 0 radical (unpaired) electrons. The van der Waals surface area contributed by atoms with E-state index in [9.17, 15) is 22.8 Å². The largest absolute Gasteiger partial charge is 0.491 e. The Kier molecular flexibility index (Phi) is 22.3. The van der Waals surface area contributed by atoms with Crippen molar-refractivity contribution in [3.8, 4) is 23.0 Å². The Morgan fingerprint density at radius 1 is 0.388 bits per heavy atom. The fraction of sp³-hybridized carbons (Fsp3) is 0.535. The molecule has 0 N–H and O–H groups in total. The van der Waals surface area contributed by atoms with Crippen molar-refractivity contribution in [1.82, 2.24) is 14.7 Å². The van der Waals surface area contributed by atoms with Crippen molar-refractivity contribution >= 4 is 27.8 Å². The third kappa shape index (κ3) is 17.2. The highest BCUT2D eigenvalue weighted by Gasteiger charge is 2.31. The molecule has 3 amide bonds. The van der Waals surface area contributed by atoms with Crippen LogP contribution in [0.3, 0.4) is 0 Å². The Bertz CT molecular complexity index is 3130. The van der Waals surface area contributed by atoms with E-state index in [2.05, 4.69) is 132 Å². The maximum atomic E-state index is 14.1. The second-order valence-corrected chi connectivity index (χ2v) is 28.3. The minimum Gasteiger partial charge on any atom is -0.491 e. The molecule has 0 saturated heterocycles. The summed E-state index contributed by atoms with van der Waals surface area (Å²) in [6.45, 7) is 42.0. The van der Waals surface area contributed by atoms with Crippen molar-refractivity contribution in [2.24, 2.45) is 0 Å². The van der Waals surface area contributed by atoms with E-state index in [1.165, 1.54) is 0 Å². The Balaban J connectivity index is 1.78. The van der Waals surface area contributed by atoms with E-state index in [1.807, 2.05) is 48.5 Å². The maximum absolute atomic E-state index is 14.1. The summed E-state index contributed by atoms with van der Waals surface area (Å²) in [6, 6.07) is 24.1. The van der Waals surface area contributed by atoms with Gasteiger partial charge in [0.25, 0.3) is 27.8 Å². The zero-order chi connectivity index (χ0) is 63.0. The average Bonchev–Trinajstić information content (AvgIpc) is 3.36. The second kappa shape index (κ2) is 28.0. The number of carbonyl (C=O) groups excluding carboxylic acids is 3. The first-order valence-electron chi connectivity index (χ1n) is 30.7. The number of fused-ring (bicyclic) bond motifs is 8. The van der Waals surface area contributed by atoms with Gasteiger partial charge in [0.2, 0.25) is 0 Å². The molecule has 1 aliphatic carbocycles. The molecule has 5 aromatic carbocycles. The lowest BCUT2D eigenvalue weighted by Crippen LogP contribution is -2.35. The first-order chi connectivity index (χ1) is 39.8. The second-order valence-electron chi connectivity index (χ2n) is 26.7. The van der Waals surface area contributed by atoms with Gasteiger partial charge in [-0.1, -0.05) is 149 Å². The Labute approximate surface area is 510 Å². The van der Waals surface area contributed by atoms with Crippen molar-refractivity contribution in [1.29, 1.82) is 0 Å². The number of rotatable bonds is 21. The van der Waals surface area contributed by atoms with Gasteiger partial charge in [0, 0.05) is 65.0 Å². The number of nitrogens with zero attached hydrogens (tertiary/aromatic N) is 3. The topological polar surface area (TPSA) is 141 Å². The van der Waals surface area contributed by atoms with Crippen LogP contribution in [0.4, 0.5) is 0 Å². The van der Waals surface area contributed by atoms with Crippen LogP contribution in [-0.4, -0.2) is 113 Å². The van der Waals surface area contributed by atoms with Crippen LogP contribution in [0, 0.1) is 6.92 Å². The zero-order valence-corrected chi connectivity index (χ0v) is 55.7. The van der Waals surface area contributed by atoms with Gasteiger partial charge in [-0.3, -0.25) is 18.6 Å². The minimum atomic E-state index is -4.14. The van der Waals surface area contributed by atoms with Crippen LogP contribution in [0.2, 0.25) is 0 Å². The molecule has 13 nitrogen and oxygen atoms in total. The molecule has 8 bridgehead atoms. The van der Waals surface area contributed by atoms with Crippen LogP contribution < -0.4 is 18.9 Å². The van der Waals surface area contributed by atoms with Gasteiger partial charge in [-0.15, -0.1) is 0 Å². The molecule has 14 heteroatoms. The summed E-state index contributed by atoms with van der Waals surface area (Å²) in [6.07, 6.45) is 1.17. The standard InChI is InChI=1S/C71H99N3O10S/c1-20-72(21-2)61(75)44-81-65-50-32-48-36-56(68(8,9)10)37-49(64(48)80-30-31-84-85(78,79)60-28-26-47(7)27-29-60)33-51-39-58(70(14,15)16)41-53(66(51)82-45-62(76)73(22-3)23-4)35-55-43-59(71(17,18)19)42-54(34-52(65)40-57(38-50)69(11,12)13)67(55)83-46-63(77)74(24-5)25-6/h26-29,36-43H,20-25,30-35,44-46H2,1-19H3. The van der Waals surface area contributed by atoms with Crippen molar-refractivity contribution in [2.75, 3.05) is 72.3 Å². The summed E-state index contributed by atoms with van der Waals surface area (Å²) in [5.41, 5.74) is 10.3. The molecule has 0 unspecified atom stereocenters. The molecule has 85 heavy (non-hydrogen) atoms. The molecular formula is C71H99N3O10S. The number of amides is 3. The zero-order valence-electron chi connectivity index (χ0n) is 54.9. The summed E-state index contributed by atoms with van der Waals surface area (Å²) in [7, 11) is -4.14. The van der Waals surface area contributed by atoms with E-state index in [-0.39, 0.29) is 90.2 Å². The summed E-state index contributed by atoms with van der Waals surface area (Å²) in [5, 5.41) is 0. The number of carbonyl (C=O) groups is 3. The quantitative estimate of drug-likeness (QED) is 0.0505. The third-order valence-electron chi connectivity index (χ3n) is 16.2. The molecule has 0 spiro atoms. The van der Waals surface area contributed by atoms with Crippen molar-refractivity contribution in [3.63, 3.8) is 0 Å². The van der Waals surface area contributed by atoms with E-state index in [1.54, 1.807) is 39.0 Å². The normalized spacial score (nSPS) is 13.0. The maximum Gasteiger partial charge on any atom is 0.297 e. The highest BCUT2D eigenvalue weighted by atomic mass is 32.2. The van der Waals surface area contributed by atoms with Gasteiger partial charge in [0.1, 0.15) is 36.2 Å². The smallest absolute Gasteiger partial charge is 0.297 e. The fourth-order valence-electron chi connectivity index (χ4n) is 10.8.